The van der Waals surface area contributed by atoms with Crippen LogP contribution < -0.4 is 4.74 Å². The lowest BCUT2D eigenvalue weighted by Crippen LogP contribution is -2.36. The van der Waals surface area contributed by atoms with Crippen LogP contribution >= 0.6 is 0 Å². The second-order valence-electron chi connectivity index (χ2n) is 4.77. The minimum atomic E-state index is -0.959. The zero-order chi connectivity index (χ0) is 13.1. The summed E-state index contributed by atoms with van der Waals surface area (Å²) in [5, 5.41) is 9.09. The molecule has 0 radical (unpaired) electrons. The SMILES string of the molecule is CC1CC(Oc2ccccc2C(=O)O)CC(C)O1. The first kappa shape index (κ1) is 12.9. The molecule has 1 N–H and O–H groups in total. The Morgan fingerprint density at radius 1 is 1.28 bits per heavy atom. The maximum Gasteiger partial charge on any atom is 0.339 e. The summed E-state index contributed by atoms with van der Waals surface area (Å²) in [4.78, 5) is 11.1. The molecule has 18 heavy (non-hydrogen) atoms. The predicted octanol–water partition coefficient (Wildman–Crippen LogP) is 2.72. The van der Waals surface area contributed by atoms with Gasteiger partial charge in [-0.05, 0) is 26.0 Å². The molecule has 1 aromatic carbocycles. The van der Waals surface area contributed by atoms with E-state index < -0.39 is 5.97 Å². The third-order valence-corrected chi connectivity index (χ3v) is 3.07. The highest BCUT2D eigenvalue weighted by atomic mass is 16.5. The van der Waals surface area contributed by atoms with Crippen LogP contribution in [0, 0.1) is 0 Å². The largest absolute Gasteiger partial charge is 0.489 e. The highest BCUT2D eigenvalue weighted by Crippen LogP contribution is 2.26. The number of carboxylic acids is 1. The lowest BCUT2D eigenvalue weighted by molar-refractivity contribution is -0.0722. The zero-order valence-electron chi connectivity index (χ0n) is 10.6. The van der Waals surface area contributed by atoms with Crippen LogP contribution in [-0.2, 0) is 4.74 Å². The Balaban J connectivity index is 2.11. The molecule has 98 valence electrons. The van der Waals surface area contributed by atoms with Crippen LogP contribution in [0.3, 0.4) is 0 Å². The molecule has 0 aromatic heterocycles. The van der Waals surface area contributed by atoms with Crippen molar-refractivity contribution >= 4 is 5.97 Å². The third kappa shape index (κ3) is 3.01. The van der Waals surface area contributed by atoms with Crippen LogP contribution in [0.1, 0.15) is 37.0 Å². The van der Waals surface area contributed by atoms with Gasteiger partial charge in [0.25, 0.3) is 0 Å². The molecule has 0 spiro atoms. The van der Waals surface area contributed by atoms with Gasteiger partial charge in [-0.2, -0.15) is 0 Å². The first-order valence-electron chi connectivity index (χ1n) is 6.20. The maximum atomic E-state index is 11.1. The molecular formula is C14H18O4. The molecule has 0 aliphatic carbocycles. The molecule has 1 heterocycles. The molecule has 4 nitrogen and oxygen atoms in total. The van der Waals surface area contributed by atoms with Crippen LogP contribution in [-0.4, -0.2) is 29.4 Å². The highest BCUT2D eigenvalue weighted by molar-refractivity contribution is 5.90. The van der Waals surface area contributed by atoms with Crippen molar-refractivity contribution in [3.63, 3.8) is 0 Å². The van der Waals surface area contributed by atoms with Crippen LogP contribution in [0.5, 0.6) is 5.75 Å². The minimum absolute atomic E-state index is 0.0178. The quantitative estimate of drug-likeness (QED) is 0.896. The smallest absolute Gasteiger partial charge is 0.339 e. The summed E-state index contributed by atoms with van der Waals surface area (Å²) in [5.41, 5.74) is 0.212. The van der Waals surface area contributed by atoms with Gasteiger partial charge in [0.05, 0.1) is 12.2 Å². The average Bonchev–Trinajstić information content (AvgIpc) is 2.27. The van der Waals surface area contributed by atoms with Gasteiger partial charge in [-0.3, -0.25) is 0 Å². The van der Waals surface area contributed by atoms with Crippen molar-refractivity contribution in [2.45, 2.75) is 45.0 Å². The molecule has 1 aliphatic heterocycles. The van der Waals surface area contributed by atoms with E-state index in [4.69, 9.17) is 14.6 Å². The number of ether oxygens (including phenoxy) is 2. The normalized spacial score (nSPS) is 27.8. The fourth-order valence-electron chi connectivity index (χ4n) is 2.37. The first-order valence-corrected chi connectivity index (χ1v) is 6.20. The molecule has 1 fully saturated rings. The van der Waals surface area contributed by atoms with Crippen LogP contribution in [0.15, 0.2) is 24.3 Å². The Morgan fingerprint density at radius 2 is 1.89 bits per heavy atom. The van der Waals surface area contributed by atoms with Crippen molar-refractivity contribution in [2.75, 3.05) is 0 Å². The molecular weight excluding hydrogens is 232 g/mol. The van der Waals surface area contributed by atoms with E-state index >= 15 is 0 Å². The van der Waals surface area contributed by atoms with E-state index in [0.29, 0.717) is 5.75 Å². The second kappa shape index (κ2) is 5.40. The summed E-state index contributed by atoms with van der Waals surface area (Å²) in [6.07, 6.45) is 1.90. The fourth-order valence-corrected chi connectivity index (χ4v) is 2.37. The van der Waals surface area contributed by atoms with Crippen LogP contribution in [0.25, 0.3) is 0 Å². The molecule has 1 aromatic rings. The lowest BCUT2D eigenvalue weighted by atomic mass is 10.0. The van der Waals surface area contributed by atoms with Crippen molar-refractivity contribution in [1.82, 2.24) is 0 Å². The number of hydrogen-bond acceptors (Lipinski definition) is 3. The summed E-state index contributed by atoms with van der Waals surface area (Å²) in [5.74, 6) is -0.518. The molecule has 0 amide bonds. The summed E-state index contributed by atoms with van der Waals surface area (Å²) in [6, 6.07) is 6.75. The monoisotopic (exact) mass is 250 g/mol. The fraction of sp³-hybridized carbons (Fsp3) is 0.500. The Morgan fingerprint density at radius 3 is 2.50 bits per heavy atom. The number of rotatable bonds is 3. The Kier molecular flexibility index (Phi) is 3.87. The zero-order valence-corrected chi connectivity index (χ0v) is 10.6. The van der Waals surface area contributed by atoms with Gasteiger partial charge < -0.3 is 14.6 Å². The predicted molar refractivity (Wildman–Crippen MR) is 67.1 cm³/mol. The number of aromatic carboxylic acids is 1. The van der Waals surface area contributed by atoms with Gasteiger partial charge in [0.2, 0.25) is 0 Å². The van der Waals surface area contributed by atoms with E-state index in [0.717, 1.165) is 12.8 Å². The van der Waals surface area contributed by atoms with Crippen molar-refractivity contribution in [3.8, 4) is 5.75 Å². The van der Waals surface area contributed by atoms with E-state index in [1.807, 2.05) is 13.8 Å². The van der Waals surface area contributed by atoms with E-state index in [1.54, 1.807) is 24.3 Å². The van der Waals surface area contributed by atoms with Gasteiger partial charge in [-0.25, -0.2) is 4.79 Å². The standard InChI is InChI=1S/C14H18O4/c1-9-7-11(8-10(2)17-9)18-13-6-4-3-5-12(13)14(15)16/h3-6,9-11H,7-8H2,1-2H3,(H,15,16). The number of benzene rings is 1. The molecule has 0 saturated carbocycles. The van der Waals surface area contributed by atoms with E-state index in [1.165, 1.54) is 0 Å². The summed E-state index contributed by atoms with van der Waals surface area (Å²) in [7, 11) is 0. The summed E-state index contributed by atoms with van der Waals surface area (Å²) in [6.45, 7) is 4.02. The first-order chi connectivity index (χ1) is 8.56. The van der Waals surface area contributed by atoms with Crippen molar-refractivity contribution in [3.05, 3.63) is 29.8 Å². The topological polar surface area (TPSA) is 55.8 Å². The average molecular weight is 250 g/mol. The van der Waals surface area contributed by atoms with Crippen molar-refractivity contribution in [1.29, 1.82) is 0 Å². The van der Waals surface area contributed by atoms with Gasteiger partial charge in [0, 0.05) is 12.8 Å². The molecule has 2 rings (SSSR count). The molecule has 1 saturated heterocycles. The number of hydrogen-bond donors (Lipinski definition) is 1. The molecule has 2 unspecified atom stereocenters. The Bertz CT molecular complexity index is 420. The number of para-hydroxylation sites is 1. The lowest BCUT2D eigenvalue weighted by Gasteiger charge is -2.32. The molecule has 1 aliphatic rings. The maximum absolute atomic E-state index is 11.1. The van der Waals surface area contributed by atoms with Gasteiger partial charge in [-0.1, -0.05) is 12.1 Å². The van der Waals surface area contributed by atoms with Crippen LogP contribution in [0.4, 0.5) is 0 Å². The van der Waals surface area contributed by atoms with E-state index in [2.05, 4.69) is 0 Å². The molecule has 2 atom stereocenters. The highest BCUT2D eigenvalue weighted by Gasteiger charge is 2.26. The Hall–Kier alpha value is -1.55. The third-order valence-electron chi connectivity index (χ3n) is 3.07. The van der Waals surface area contributed by atoms with Gasteiger partial charge in [-0.15, -0.1) is 0 Å². The van der Waals surface area contributed by atoms with Crippen molar-refractivity contribution < 1.29 is 19.4 Å². The van der Waals surface area contributed by atoms with Gasteiger partial charge in [0.15, 0.2) is 0 Å². The van der Waals surface area contributed by atoms with E-state index in [9.17, 15) is 4.79 Å². The van der Waals surface area contributed by atoms with Crippen LogP contribution in [0.2, 0.25) is 0 Å². The summed E-state index contributed by atoms with van der Waals surface area (Å²) >= 11 is 0. The molecule has 4 heteroatoms. The molecule has 0 bridgehead atoms. The van der Waals surface area contributed by atoms with Crippen molar-refractivity contribution in [2.24, 2.45) is 0 Å². The van der Waals surface area contributed by atoms with E-state index in [-0.39, 0.29) is 23.9 Å². The number of carboxylic acid groups (broad SMARTS) is 1. The summed E-state index contributed by atoms with van der Waals surface area (Å²) < 4.78 is 11.5. The van der Waals surface area contributed by atoms with Gasteiger partial charge >= 0.3 is 5.97 Å². The minimum Gasteiger partial charge on any atom is -0.489 e. The Labute approximate surface area is 107 Å². The second-order valence-corrected chi connectivity index (χ2v) is 4.77. The number of carbonyl (C=O) groups is 1. The van der Waals surface area contributed by atoms with Gasteiger partial charge in [0.1, 0.15) is 17.4 Å².